The van der Waals surface area contributed by atoms with Gasteiger partial charge in [0.25, 0.3) is 0 Å². The standard InChI is InChI=1S/C29H28N2O5/c1-2-30(18-21-9-5-3-6-10-21)26(32)16-29(23-11-7-4-8-12-23)17-27(33)31(28(29)34)19-22-13-14-24-25(15-22)36-20-35-24/h3-15H,2,16-20H2,1H3. The molecule has 1 fully saturated rings. The molecule has 2 aliphatic heterocycles. The van der Waals surface area contributed by atoms with E-state index in [4.69, 9.17) is 9.47 Å². The number of amides is 3. The second-order valence-electron chi connectivity index (χ2n) is 9.17. The summed E-state index contributed by atoms with van der Waals surface area (Å²) in [6, 6.07) is 24.3. The number of fused-ring (bicyclic) bond motifs is 1. The minimum Gasteiger partial charge on any atom is -0.454 e. The molecular formula is C29H28N2O5. The van der Waals surface area contributed by atoms with Crippen molar-refractivity contribution in [3.8, 4) is 11.5 Å². The molecule has 0 bridgehead atoms. The summed E-state index contributed by atoms with van der Waals surface area (Å²) in [4.78, 5) is 43.8. The van der Waals surface area contributed by atoms with Crippen molar-refractivity contribution >= 4 is 17.7 Å². The van der Waals surface area contributed by atoms with Gasteiger partial charge in [0, 0.05) is 25.9 Å². The van der Waals surface area contributed by atoms with Crippen molar-refractivity contribution < 1.29 is 23.9 Å². The molecular weight excluding hydrogens is 456 g/mol. The van der Waals surface area contributed by atoms with Crippen LogP contribution in [0.25, 0.3) is 0 Å². The van der Waals surface area contributed by atoms with Crippen LogP contribution >= 0.6 is 0 Å². The van der Waals surface area contributed by atoms with E-state index in [2.05, 4.69) is 0 Å². The fraction of sp³-hybridized carbons (Fsp3) is 0.276. The van der Waals surface area contributed by atoms with E-state index in [1.165, 1.54) is 4.90 Å². The van der Waals surface area contributed by atoms with E-state index in [1.807, 2.05) is 73.7 Å². The first kappa shape index (κ1) is 23.6. The van der Waals surface area contributed by atoms with Gasteiger partial charge in [-0.05, 0) is 35.7 Å². The lowest BCUT2D eigenvalue weighted by atomic mass is 9.75. The number of nitrogens with zero attached hydrogens (tertiary/aromatic N) is 2. The van der Waals surface area contributed by atoms with Gasteiger partial charge in [-0.2, -0.15) is 0 Å². The number of likely N-dealkylation sites (tertiary alicyclic amines) is 1. The maximum absolute atomic E-state index is 14.0. The molecule has 5 rings (SSSR count). The van der Waals surface area contributed by atoms with Crippen LogP contribution in [0.15, 0.2) is 78.9 Å². The third kappa shape index (κ3) is 4.44. The van der Waals surface area contributed by atoms with Gasteiger partial charge in [0.2, 0.25) is 24.5 Å². The molecule has 7 nitrogen and oxygen atoms in total. The van der Waals surface area contributed by atoms with Gasteiger partial charge in [0.1, 0.15) is 0 Å². The smallest absolute Gasteiger partial charge is 0.241 e. The molecule has 0 spiro atoms. The zero-order valence-electron chi connectivity index (χ0n) is 20.2. The van der Waals surface area contributed by atoms with E-state index < -0.39 is 5.41 Å². The van der Waals surface area contributed by atoms with Crippen LogP contribution in [0.3, 0.4) is 0 Å². The summed E-state index contributed by atoms with van der Waals surface area (Å²) < 4.78 is 10.8. The number of hydrogen-bond acceptors (Lipinski definition) is 5. The van der Waals surface area contributed by atoms with Crippen LogP contribution < -0.4 is 9.47 Å². The van der Waals surface area contributed by atoms with Gasteiger partial charge < -0.3 is 14.4 Å². The molecule has 0 aromatic heterocycles. The molecule has 3 aromatic carbocycles. The Morgan fingerprint density at radius 2 is 1.61 bits per heavy atom. The van der Waals surface area contributed by atoms with Crippen LogP contribution in [0.5, 0.6) is 11.5 Å². The Labute approximate surface area is 210 Å². The second-order valence-corrected chi connectivity index (χ2v) is 9.17. The van der Waals surface area contributed by atoms with E-state index in [9.17, 15) is 14.4 Å². The summed E-state index contributed by atoms with van der Waals surface area (Å²) in [5.41, 5.74) is 1.21. The summed E-state index contributed by atoms with van der Waals surface area (Å²) >= 11 is 0. The Kier molecular flexibility index (Phi) is 6.46. The second kappa shape index (κ2) is 9.85. The van der Waals surface area contributed by atoms with Gasteiger partial charge >= 0.3 is 0 Å². The number of carbonyl (C=O) groups excluding carboxylic acids is 3. The zero-order valence-corrected chi connectivity index (χ0v) is 20.2. The van der Waals surface area contributed by atoms with Crippen molar-refractivity contribution in [3.63, 3.8) is 0 Å². The van der Waals surface area contributed by atoms with Crippen molar-refractivity contribution in [3.05, 3.63) is 95.6 Å². The molecule has 1 atom stereocenters. The lowest BCUT2D eigenvalue weighted by Gasteiger charge is -2.30. The molecule has 1 saturated heterocycles. The quantitative estimate of drug-likeness (QED) is 0.451. The average Bonchev–Trinajstić information content (AvgIpc) is 3.46. The van der Waals surface area contributed by atoms with Crippen molar-refractivity contribution in [2.45, 2.75) is 38.3 Å². The first-order valence-electron chi connectivity index (χ1n) is 12.1. The highest BCUT2D eigenvalue weighted by Crippen LogP contribution is 2.41. The van der Waals surface area contributed by atoms with Crippen molar-refractivity contribution in [2.75, 3.05) is 13.3 Å². The van der Waals surface area contributed by atoms with Crippen LogP contribution in [-0.4, -0.2) is 40.9 Å². The van der Waals surface area contributed by atoms with Crippen LogP contribution in [-0.2, 0) is 32.9 Å². The minimum atomic E-state index is -1.24. The van der Waals surface area contributed by atoms with E-state index in [1.54, 1.807) is 17.0 Å². The number of imide groups is 1. The molecule has 0 radical (unpaired) electrons. The summed E-state index contributed by atoms with van der Waals surface area (Å²) in [6.07, 6.45) is -0.116. The Balaban J connectivity index is 1.42. The summed E-state index contributed by atoms with van der Waals surface area (Å²) in [5.74, 6) is 0.438. The largest absolute Gasteiger partial charge is 0.454 e. The summed E-state index contributed by atoms with van der Waals surface area (Å²) in [6.45, 7) is 3.13. The molecule has 3 aromatic rings. The predicted octanol–water partition coefficient (Wildman–Crippen LogP) is 4.05. The van der Waals surface area contributed by atoms with E-state index >= 15 is 0 Å². The summed E-state index contributed by atoms with van der Waals surface area (Å²) in [5, 5.41) is 0. The fourth-order valence-corrected chi connectivity index (χ4v) is 4.96. The fourth-order valence-electron chi connectivity index (χ4n) is 4.96. The highest BCUT2D eigenvalue weighted by atomic mass is 16.7. The van der Waals surface area contributed by atoms with Gasteiger partial charge in [-0.25, -0.2) is 0 Å². The van der Waals surface area contributed by atoms with Crippen LogP contribution in [0.4, 0.5) is 0 Å². The monoisotopic (exact) mass is 484 g/mol. The first-order chi connectivity index (χ1) is 17.5. The number of ether oxygens (including phenoxy) is 2. The lowest BCUT2D eigenvalue weighted by Crippen LogP contribution is -2.43. The van der Waals surface area contributed by atoms with Gasteiger partial charge in [-0.1, -0.05) is 66.7 Å². The Bertz CT molecular complexity index is 1280. The molecule has 0 N–H and O–H groups in total. The first-order valence-corrected chi connectivity index (χ1v) is 12.1. The molecule has 7 heteroatoms. The van der Waals surface area contributed by atoms with Crippen LogP contribution in [0.1, 0.15) is 36.5 Å². The van der Waals surface area contributed by atoms with Crippen molar-refractivity contribution in [2.24, 2.45) is 0 Å². The average molecular weight is 485 g/mol. The Morgan fingerprint density at radius 3 is 2.33 bits per heavy atom. The maximum Gasteiger partial charge on any atom is 0.241 e. The highest BCUT2D eigenvalue weighted by Gasteiger charge is 2.54. The molecule has 36 heavy (non-hydrogen) atoms. The van der Waals surface area contributed by atoms with Crippen molar-refractivity contribution in [1.82, 2.24) is 9.80 Å². The van der Waals surface area contributed by atoms with Crippen molar-refractivity contribution in [1.29, 1.82) is 0 Å². The maximum atomic E-state index is 14.0. The van der Waals surface area contributed by atoms with Gasteiger partial charge in [-0.3, -0.25) is 19.3 Å². The molecule has 0 saturated carbocycles. The SMILES string of the molecule is CCN(Cc1ccccc1)C(=O)CC1(c2ccccc2)CC(=O)N(Cc2ccc3c(c2)OCO3)C1=O. The third-order valence-corrected chi connectivity index (χ3v) is 6.92. The number of benzene rings is 3. The van der Waals surface area contributed by atoms with Gasteiger partial charge in [-0.15, -0.1) is 0 Å². The number of carbonyl (C=O) groups is 3. The predicted molar refractivity (Wildman–Crippen MR) is 133 cm³/mol. The lowest BCUT2D eigenvalue weighted by molar-refractivity contribution is -0.143. The van der Waals surface area contributed by atoms with E-state index in [-0.39, 0.29) is 43.9 Å². The molecule has 0 aliphatic carbocycles. The molecule has 184 valence electrons. The highest BCUT2D eigenvalue weighted by molar-refractivity contribution is 6.10. The molecule has 2 aliphatic rings. The molecule has 3 amide bonds. The minimum absolute atomic E-state index is 0.0466. The molecule has 2 heterocycles. The number of rotatable bonds is 8. The topological polar surface area (TPSA) is 76.2 Å². The van der Waals surface area contributed by atoms with E-state index in [0.29, 0.717) is 30.2 Å². The summed E-state index contributed by atoms with van der Waals surface area (Å²) in [7, 11) is 0. The van der Waals surface area contributed by atoms with Crippen LogP contribution in [0, 0.1) is 0 Å². The van der Waals surface area contributed by atoms with E-state index in [0.717, 1.165) is 11.1 Å². The van der Waals surface area contributed by atoms with Gasteiger partial charge in [0.15, 0.2) is 11.5 Å². The van der Waals surface area contributed by atoms with Crippen LogP contribution in [0.2, 0.25) is 0 Å². The van der Waals surface area contributed by atoms with Gasteiger partial charge in [0.05, 0.1) is 12.0 Å². The number of hydrogen-bond donors (Lipinski definition) is 0. The Hall–Kier alpha value is -4.13. The molecule has 1 unspecified atom stereocenters. The normalized spacial score (nSPS) is 18.5. The Morgan fingerprint density at radius 1 is 0.917 bits per heavy atom. The zero-order chi connectivity index (χ0) is 25.1. The third-order valence-electron chi connectivity index (χ3n) is 6.92.